The molecular formula is C19H15BrClN3O4S. The van der Waals surface area contributed by atoms with Crippen LogP contribution >= 0.6 is 27.5 Å². The van der Waals surface area contributed by atoms with E-state index in [1.165, 1.54) is 24.3 Å². The van der Waals surface area contributed by atoms with Gasteiger partial charge in [-0.25, -0.2) is 0 Å². The molecule has 3 rings (SSSR count). The van der Waals surface area contributed by atoms with Gasteiger partial charge in [-0.15, -0.1) is 0 Å². The van der Waals surface area contributed by atoms with Crippen LogP contribution in [0.4, 0.5) is 5.69 Å². The molecule has 7 nitrogen and oxygen atoms in total. The van der Waals surface area contributed by atoms with Crippen molar-refractivity contribution in [1.29, 1.82) is 0 Å². The Hall–Kier alpha value is -2.62. The van der Waals surface area contributed by atoms with Crippen molar-refractivity contribution in [2.45, 2.75) is 11.8 Å². The largest absolute Gasteiger partial charge is 0.444 e. The van der Waals surface area contributed by atoms with Gasteiger partial charge in [-0.2, -0.15) is 18.4 Å². The van der Waals surface area contributed by atoms with E-state index in [0.717, 1.165) is 0 Å². The maximum Gasteiger partial charge on any atom is 0.291 e. The summed E-state index contributed by atoms with van der Waals surface area (Å²) in [6.45, 7) is 1.67. The van der Waals surface area contributed by atoms with E-state index in [-0.39, 0.29) is 16.6 Å². The molecule has 0 atom stereocenters. The number of benzene rings is 2. The SMILES string of the molecule is C/C(=N/NS(=O)(=O)c1ccc(Cl)cc1)c1ccc(NC(=O)c2ccc(Br)o2)cc1. The Morgan fingerprint density at radius 3 is 2.28 bits per heavy atom. The molecule has 1 amide bonds. The minimum atomic E-state index is -3.80. The molecule has 150 valence electrons. The molecule has 0 unspecified atom stereocenters. The quantitative estimate of drug-likeness (QED) is 0.383. The minimum absolute atomic E-state index is 0.0565. The van der Waals surface area contributed by atoms with Crippen LogP contribution in [-0.4, -0.2) is 20.0 Å². The summed E-state index contributed by atoms with van der Waals surface area (Å²) in [7, 11) is -3.80. The summed E-state index contributed by atoms with van der Waals surface area (Å²) in [5, 5.41) is 7.09. The Labute approximate surface area is 180 Å². The first-order valence-electron chi connectivity index (χ1n) is 8.23. The number of furan rings is 1. The van der Waals surface area contributed by atoms with Crippen molar-refractivity contribution in [2.24, 2.45) is 5.10 Å². The van der Waals surface area contributed by atoms with E-state index >= 15 is 0 Å². The van der Waals surface area contributed by atoms with Crippen molar-refractivity contribution in [3.05, 3.63) is 81.7 Å². The smallest absolute Gasteiger partial charge is 0.291 e. The van der Waals surface area contributed by atoms with Crippen molar-refractivity contribution < 1.29 is 17.6 Å². The third kappa shape index (κ3) is 5.47. The van der Waals surface area contributed by atoms with Gasteiger partial charge in [0.05, 0.1) is 10.6 Å². The molecule has 0 saturated carbocycles. The second-order valence-corrected chi connectivity index (χ2v) is 8.76. The summed E-state index contributed by atoms with van der Waals surface area (Å²) in [6.07, 6.45) is 0. The topological polar surface area (TPSA) is 101 Å². The van der Waals surface area contributed by atoms with Gasteiger partial charge in [0.15, 0.2) is 10.4 Å². The Morgan fingerprint density at radius 2 is 1.69 bits per heavy atom. The molecule has 0 spiro atoms. The first-order chi connectivity index (χ1) is 13.7. The Kier molecular flexibility index (Phi) is 6.41. The fraction of sp³-hybridized carbons (Fsp3) is 0.0526. The van der Waals surface area contributed by atoms with Crippen molar-refractivity contribution >= 4 is 54.9 Å². The highest BCUT2D eigenvalue weighted by Crippen LogP contribution is 2.17. The van der Waals surface area contributed by atoms with E-state index in [4.69, 9.17) is 16.0 Å². The molecule has 0 aliphatic heterocycles. The first-order valence-corrected chi connectivity index (χ1v) is 10.9. The molecule has 2 aromatic carbocycles. The van der Waals surface area contributed by atoms with Crippen molar-refractivity contribution in [1.82, 2.24) is 4.83 Å². The maximum atomic E-state index is 12.3. The number of hydrogen-bond donors (Lipinski definition) is 2. The van der Waals surface area contributed by atoms with Crippen LogP contribution in [0.3, 0.4) is 0 Å². The molecule has 0 fully saturated rings. The molecule has 2 N–H and O–H groups in total. The fourth-order valence-corrected chi connectivity index (χ4v) is 3.57. The number of anilines is 1. The third-order valence-electron chi connectivity index (χ3n) is 3.82. The van der Waals surface area contributed by atoms with Crippen LogP contribution in [0, 0.1) is 0 Å². The van der Waals surface area contributed by atoms with Gasteiger partial charge in [0.2, 0.25) is 0 Å². The number of carbonyl (C=O) groups excluding carboxylic acids is 1. The number of amides is 1. The van der Waals surface area contributed by atoms with Crippen LogP contribution in [0.2, 0.25) is 5.02 Å². The van der Waals surface area contributed by atoms with E-state index in [2.05, 4.69) is 31.2 Å². The van der Waals surface area contributed by atoms with Gasteiger partial charge in [-0.1, -0.05) is 23.7 Å². The monoisotopic (exact) mass is 495 g/mol. The van der Waals surface area contributed by atoms with Gasteiger partial charge in [-0.05, 0) is 76.9 Å². The van der Waals surface area contributed by atoms with Gasteiger partial charge in [-0.3, -0.25) is 4.79 Å². The van der Waals surface area contributed by atoms with Crippen LogP contribution in [0.25, 0.3) is 0 Å². The molecule has 0 saturated heterocycles. The molecule has 29 heavy (non-hydrogen) atoms. The van der Waals surface area contributed by atoms with E-state index in [1.54, 1.807) is 43.3 Å². The molecule has 0 bridgehead atoms. The van der Waals surface area contributed by atoms with Gasteiger partial charge < -0.3 is 9.73 Å². The number of hydrogen-bond acceptors (Lipinski definition) is 5. The number of nitrogens with one attached hydrogen (secondary N) is 2. The fourth-order valence-electron chi connectivity index (χ4n) is 2.28. The van der Waals surface area contributed by atoms with Crippen LogP contribution in [0.15, 0.2) is 79.7 Å². The summed E-state index contributed by atoms with van der Waals surface area (Å²) in [5.41, 5.74) is 1.69. The number of nitrogens with zero attached hydrogens (tertiary/aromatic N) is 1. The van der Waals surface area contributed by atoms with Crippen molar-refractivity contribution in [2.75, 3.05) is 5.32 Å². The van der Waals surface area contributed by atoms with Gasteiger partial charge in [0.1, 0.15) is 0 Å². The number of carbonyl (C=O) groups is 1. The lowest BCUT2D eigenvalue weighted by molar-refractivity contribution is 0.0995. The first kappa shape index (κ1) is 21.1. The lowest BCUT2D eigenvalue weighted by Crippen LogP contribution is -2.19. The molecule has 3 aromatic rings. The summed E-state index contributed by atoms with van der Waals surface area (Å²) in [4.78, 5) is 14.3. The number of rotatable bonds is 6. The lowest BCUT2D eigenvalue weighted by Gasteiger charge is -2.07. The number of sulfonamides is 1. The minimum Gasteiger partial charge on any atom is -0.444 e. The molecule has 10 heteroatoms. The highest BCUT2D eigenvalue weighted by molar-refractivity contribution is 9.10. The average Bonchev–Trinajstić information content (AvgIpc) is 3.14. The Bertz CT molecular complexity index is 1160. The van der Waals surface area contributed by atoms with Crippen LogP contribution in [0.1, 0.15) is 23.0 Å². The average molecular weight is 497 g/mol. The van der Waals surface area contributed by atoms with Crippen LogP contribution in [0.5, 0.6) is 0 Å². The molecule has 0 aliphatic rings. The van der Waals surface area contributed by atoms with E-state index in [9.17, 15) is 13.2 Å². The highest BCUT2D eigenvalue weighted by Gasteiger charge is 2.13. The van der Waals surface area contributed by atoms with E-state index in [0.29, 0.717) is 26.7 Å². The van der Waals surface area contributed by atoms with Gasteiger partial charge in [0.25, 0.3) is 15.9 Å². The number of hydrazone groups is 1. The van der Waals surface area contributed by atoms with Crippen molar-refractivity contribution in [3.8, 4) is 0 Å². The second-order valence-electron chi connectivity index (χ2n) is 5.88. The molecule has 0 aliphatic carbocycles. The normalized spacial score (nSPS) is 11.9. The predicted octanol–water partition coefficient (Wildman–Crippen LogP) is 4.65. The third-order valence-corrected chi connectivity index (χ3v) is 5.72. The van der Waals surface area contributed by atoms with Gasteiger partial charge >= 0.3 is 0 Å². The Morgan fingerprint density at radius 1 is 1.03 bits per heavy atom. The van der Waals surface area contributed by atoms with E-state index < -0.39 is 10.0 Å². The molecule has 0 radical (unpaired) electrons. The lowest BCUT2D eigenvalue weighted by atomic mass is 10.1. The summed E-state index contributed by atoms with van der Waals surface area (Å²) < 4.78 is 30.2. The number of halogens is 2. The van der Waals surface area contributed by atoms with Crippen LogP contribution < -0.4 is 10.1 Å². The summed E-state index contributed by atoms with van der Waals surface area (Å²) in [6, 6.07) is 15.7. The standard InChI is InChI=1S/C19H15BrClN3O4S/c1-12(23-24-29(26,27)16-8-4-14(21)5-9-16)13-2-6-15(7-3-13)22-19(25)17-10-11-18(20)28-17/h2-11,24H,1H3,(H,22,25)/b23-12-. The zero-order valence-corrected chi connectivity index (χ0v) is 18.2. The van der Waals surface area contributed by atoms with Crippen molar-refractivity contribution in [3.63, 3.8) is 0 Å². The molecule has 1 heterocycles. The summed E-state index contributed by atoms with van der Waals surface area (Å²) in [5.74, 6) is -0.208. The van der Waals surface area contributed by atoms with Crippen LogP contribution in [-0.2, 0) is 10.0 Å². The zero-order chi connectivity index (χ0) is 21.0. The second kappa shape index (κ2) is 8.81. The van der Waals surface area contributed by atoms with Gasteiger partial charge in [0, 0.05) is 10.7 Å². The molecular weight excluding hydrogens is 482 g/mol. The maximum absolute atomic E-state index is 12.3. The molecule has 1 aromatic heterocycles. The highest BCUT2D eigenvalue weighted by atomic mass is 79.9. The predicted molar refractivity (Wildman–Crippen MR) is 115 cm³/mol. The zero-order valence-electron chi connectivity index (χ0n) is 15.0. The summed E-state index contributed by atoms with van der Waals surface area (Å²) >= 11 is 8.92. The Balaban J connectivity index is 1.67. The van der Waals surface area contributed by atoms with E-state index in [1.807, 2.05) is 0 Å².